The largest absolute Gasteiger partial charge is 0.369 e. The molecule has 0 spiro atoms. The lowest BCUT2D eigenvalue weighted by Gasteiger charge is -2.07. The molecule has 1 N–H and O–H groups in total. The molecule has 3 aromatic rings. The van der Waals surface area contributed by atoms with E-state index in [-0.39, 0.29) is 0 Å². The van der Waals surface area contributed by atoms with E-state index in [1.165, 1.54) is 22.4 Å². The van der Waals surface area contributed by atoms with E-state index in [1.54, 1.807) is 0 Å². The van der Waals surface area contributed by atoms with Crippen molar-refractivity contribution in [1.29, 1.82) is 0 Å². The summed E-state index contributed by atoms with van der Waals surface area (Å²) in [6.45, 7) is 3.12. The molecule has 0 amide bonds. The molecule has 3 heteroatoms. The number of hydrogen-bond donors (Lipinski definition) is 1. The number of nitrogens with one attached hydrogen (secondary N) is 1. The molecular weight excluding hydrogens is 270 g/mol. The van der Waals surface area contributed by atoms with E-state index in [0.717, 1.165) is 30.9 Å². The molecule has 0 bridgehead atoms. The molecule has 0 atom stereocenters. The lowest BCUT2D eigenvalue weighted by molar-refractivity contribution is 0.839. The fourth-order valence-corrected chi connectivity index (χ4v) is 3.12. The van der Waals surface area contributed by atoms with Gasteiger partial charge in [0.2, 0.25) is 0 Å². The van der Waals surface area contributed by atoms with Gasteiger partial charge in [-0.25, -0.2) is 4.68 Å². The van der Waals surface area contributed by atoms with Crippen LogP contribution in [0.25, 0.3) is 5.69 Å². The summed E-state index contributed by atoms with van der Waals surface area (Å²) in [4.78, 5) is 0. The molecule has 2 heterocycles. The third kappa shape index (κ3) is 2.29. The highest BCUT2D eigenvalue weighted by Gasteiger charge is 2.22. The van der Waals surface area contributed by atoms with E-state index in [0.29, 0.717) is 0 Å². The van der Waals surface area contributed by atoms with Gasteiger partial charge in [-0.1, -0.05) is 42.5 Å². The highest BCUT2D eigenvalue weighted by molar-refractivity contribution is 5.58. The maximum absolute atomic E-state index is 4.89. The number of benzene rings is 2. The van der Waals surface area contributed by atoms with Gasteiger partial charge in [0.15, 0.2) is 0 Å². The number of nitrogens with zero attached hydrogens (tertiary/aromatic N) is 2. The van der Waals surface area contributed by atoms with E-state index in [2.05, 4.69) is 71.5 Å². The first-order valence-corrected chi connectivity index (χ1v) is 7.77. The highest BCUT2D eigenvalue weighted by atomic mass is 15.3. The van der Waals surface area contributed by atoms with Gasteiger partial charge in [0, 0.05) is 18.5 Å². The van der Waals surface area contributed by atoms with Gasteiger partial charge < -0.3 is 5.32 Å². The Balaban J connectivity index is 1.77. The van der Waals surface area contributed by atoms with Crippen molar-refractivity contribution in [3.05, 3.63) is 77.0 Å². The molecule has 3 nitrogen and oxygen atoms in total. The summed E-state index contributed by atoms with van der Waals surface area (Å²) in [5.41, 5.74) is 6.25. The van der Waals surface area contributed by atoms with Crippen LogP contribution in [0.1, 0.15) is 22.4 Å². The van der Waals surface area contributed by atoms with Crippen LogP contribution in [0, 0.1) is 6.92 Å². The van der Waals surface area contributed by atoms with Gasteiger partial charge in [-0.15, -0.1) is 0 Å². The van der Waals surface area contributed by atoms with Crippen LogP contribution in [0.5, 0.6) is 0 Å². The van der Waals surface area contributed by atoms with E-state index >= 15 is 0 Å². The van der Waals surface area contributed by atoms with Crippen molar-refractivity contribution in [3.63, 3.8) is 0 Å². The van der Waals surface area contributed by atoms with Gasteiger partial charge in [0.05, 0.1) is 11.4 Å². The van der Waals surface area contributed by atoms with E-state index in [9.17, 15) is 0 Å². The van der Waals surface area contributed by atoms with Gasteiger partial charge in [0.25, 0.3) is 0 Å². The zero-order valence-electron chi connectivity index (χ0n) is 12.7. The Bertz CT molecular complexity index is 803. The van der Waals surface area contributed by atoms with Crippen molar-refractivity contribution in [2.24, 2.45) is 0 Å². The minimum absolute atomic E-state index is 0.893. The van der Waals surface area contributed by atoms with Gasteiger partial charge in [-0.05, 0) is 36.6 Å². The molecule has 110 valence electrons. The Morgan fingerprint density at radius 3 is 2.77 bits per heavy atom. The second-order valence-electron chi connectivity index (χ2n) is 5.86. The molecular formula is C19H19N3. The number of fused-ring (bicyclic) bond motifs is 1. The summed E-state index contributed by atoms with van der Waals surface area (Å²) < 4.78 is 2.06. The molecule has 0 unspecified atom stereocenters. The number of hydrogen-bond acceptors (Lipinski definition) is 2. The molecule has 0 radical (unpaired) electrons. The van der Waals surface area contributed by atoms with Gasteiger partial charge in [0.1, 0.15) is 5.82 Å². The van der Waals surface area contributed by atoms with Crippen LogP contribution in [0.2, 0.25) is 0 Å². The predicted molar refractivity (Wildman–Crippen MR) is 89.7 cm³/mol. The number of aromatic nitrogens is 2. The van der Waals surface area contributed by atoms with Gasteiger partial charge in [-0.2, -0.15) is 5.10 Å². The molecule has 0 aliphatic carbocycles. The third-order valence-corrected chi connectivity index (χ3v) is 4.19. The van der Waals surface area contributed by atoms with Crippen molar-refractivity contribution in [2.75, 3.05) is 11.9 Å². The summed E-state index contributed by atoms with van der Waals surface area (Å²) in [6.07, 6.45) is 1.95. The lowest BCUT2D eigenvalue weighted by Crippen LogP contribution is -2.05. The lowest BCUT2D eigenvalue weighted by atomic mass is 10.1. The molecule has 22 heavy (non-hydrogen) atoms. The summed E-state index contributed by atoms with van der Waals surface area (Å²) in [5.74, 6) is 1.16. The average Bonchev–Trinajstić information content (AvgIpc) is 3.12. The second kappa shape index (κ2) is 5.34. The van der Waals surface area contributed by atoms with Crippen LogP contribution >= 0.6 is 0 Å². The van der Waals surface area contributed by atoms with E-state index < -0.39 is 0 Å². The monoisotopic (exact) mass is 289 g/mol. The van der Waals surface area contributed by atoms with Crippen LogP contribution in [0.15, 0.2) is 54.6 Å². The van der Waals surface area contributed by atoms with Crippen LogP contribution in [-0.2, 0) is 12.8 Å². The minimum Gasteiger partial charge on any atom is -0.369 e. The fourth-order valence-electron chi connectivity index (χ4n) is 3.12. The maximum atomic E-state index is 4.89. The molecule has 0 saturated heterocycles. The first-order chi connectivity index (χ1) is 10.8. The summed E-state index contributed by atoms with van der Waals surface area (Å²) in [5, 5.41) is 8.39. The van der Waals surface area contributed by atoms with Crippen LogP contribution in [0.3, 0.4) is 0 Å². The van der Waals surface area contributed by atoms with Crippen molar-refractivity contribution >= 4 is 5.82 Å². The molecule has 1 aliphatic heterocycles. The Morgan fingerprint density at radius 1 is 1.09 bits per heavy atom. The SMILES string of the molecule is Cc1cccc(-n2nc(Cc3ccccc3)c3c2NCC3)c1. The number of rotatable bonds is 3. The normalized spacial score (nSPS) is 13.0. The van der Waals surface area contributed by atoms with Crippen molar-refractivity contribution in [2.45, 2.75) is 19.8 Å². The van der Waals surface area contributed by atoms with Crippen molar-refractivity contribution < 1.29 is 0 Å². The zero-order chi connectivity index (χ0) is 14.9. The van der Waals surface area contributed by atoms with Crippen molar-refractivity contribution in [1.82, 2.24) is 9.78 Å². The first kappa shape index (κ1) is 13.1. The second-order valence-corrected chi connectivity index (χ2v) is 5.86. The van der Waals surface area contributed by atoms with E-state index in [1.807, 2.05) is 0 Å². The average molecular weight is 289 g/mol. The number of aryl methyl sites for hydroxylation is 1. The topological polar surface area (TPSA) is 29.9 Å². The molecule has 0 saturated carbocycles. The Hall–Kier alpha value is -2.55. The molecule has 4 rings (SSSR count). The standard InChI is InChI=1S/C19H19N3/c1-14-6-5-9-16(12-14)22-19-17(10-11-20-19)18(21-22)13-15-7-3-2-4-8-15/h2-9,12,20H,10-11,13H2,1H3. The summed E-state index contributed by atoms with van der Waals surface area (Å²) >= 11 is 0. The maximum Gasteiger partial charge on any atom is 0.133 e. The summed E-state index contributed by atoms with van der Waals surface area (Å²) in [7, 11) is 0. The summed E-state index contributed by atoms with van der Waals surface area (Å²) in [6, 6.07) is 19.1. The first-order valence-electron chi connectivity index (χ1n) is 7.77. The zero-order valence-corrected chi connectivity index (χ0v) is 12.7. The van der Waals surface area contributed by atoms with Crippen LogP contribution in [-0.4, -0.2) is 16.3 Å². The Kier molecular flexibility index (Phi) is 3.19. The molecule has 1 aliphatic rings. The fraction of sp³-hybridized carbons (Fsp3) is 0.211. The Morgan fingerprint density at radius 2 is 1.95 bits per heavy atom. The van der Waals surface area contributed by atoms with E-state index in [4.69, 9.17) is 5.10 Å². The Labute approximate surface area is 130 Å². The number of anilines is 1. The molecule has 1 aromatic heterocycles. The van der Waals surface area contributed by atoms with Crippen molar-refractivity contribution in [3.8, 4) is 5.69 Å². The van der Waals surface area contributed by atoms with Gasteiger partial charge in [-0.3, -0.25) is 0 Å². The quantitative estimate of drug-likeness (QED) is 0.796. The minimum atomic E-state index is 0.893. The van der Waals surface area contributed by atoms with Gasteiger partial charge >= 0.3 is 0 Å². The third-order valence-electron chi connectivity index (χ3n) is 4.19. The van der Waals surface area contributed by atoms with Crippen LogP contribution in [0.4, 0.5) is 5.82 Å². The smallest absolute Gasteiger partial charge is 0.133 e. The highest BCUT2D eigenvalue weighted by Crippen LogP contribution is 2.30. The molecule has 0 fully saturated rings. The molecule has 2 aromatic carbocycles. The van der Waals surface area contributed by atoms with Crippen LogP contribution < -0.4 is 5.32 Å². The predicted octanol–water partition coefficient (Wildman–Crippen LogP) is 3.74.